The van der Waals surface area contributed by atoms with E-state index in [1.54, 1.807) is 51.7 Å². The van der Waals surface area contributed by atoms with Gasteiger partial charge in [-0.3, -0.25) is 49.5 Å². The summed E-state index contributed by atoms with van der Waals surface area (Å²) in [7, 11) is 6.14. The number of amides is 7. The Morgan fingerprint density at radius 3 is 1.13 bits per heavy atom. The summed E-state index contributed by atoms with van der Waals surface area (Å²) in [4.78, 5) is 83.4. The first-order chi connectivity index (χ1) is 59.1. The van der Waals surface area contributed by atoms with Gasteiger partial charge in [0.25, 0.3) is 39.3 Å². The molecule has 8 aromatic carbocycles. The Bertz CT molecular complexity index is 6060. The maximum absolute atomic E-state index is 15.9. The van der Waals surface area contributed by atoms with Gasteiger partial charge in [-0.05, 0) is 312 Å². The lowest BCUT2D eigenvalue weighted by Crippen LogP contribution is -2.34. The number of thiocarbonyl (C=S) groups is 1. The molecule has 4 heterocycles. The van der Waals surface area contributed by atoms with E-state index in [9.17, 15) is 38.7 Å². The molecule has 668 valence electrons. The third-order valence-corrected chi connectivity index (χ3v) is 29.0. The highest BCUT2D eigenvalue weighted by atomic mass is 32.2. The molecule has 0 saturated carbocycles. The minimum absolute atomic E-state index is 0.00483. The Morgan fingerprint density at radius 2 is 0.732 bits per heavy atom. The van der Waals surface area contributed by atoms with E-state index >= 15 is 13.2 Å². The van der Waals surface area contributed by atoms with Crippen molar-refractivity contribution in [2.75, 3.05) is 28.4 Å². The van der Waals surface area contributed by atoms with Crippen molar-refractivity contribution >= 4 is 127 Å². The number of benzene rings is 8. The number of imide groups is 3. The second-order valence-corrected chi connectivity index (χ2v) is 44.2. The van der Waals surface area contributed by atoms with E-state index in [1.165, 1.54) is 58.6 Å². The second-order valence-electron chi connectivity index (χ2n) is 39.4. The number of phenols is 1. The largest absolute Gasteiger partial charge is 0.507 e. The predicted molar refractivity (Wildman–Crippen MR) is 516 cm³/mol. The Balaban J connectivity index is 0.000000154. The van der Waals surface area contributed by atoms with Gasteiger partial charge in [0, 0.05) is 33.4 Å². The number of aryl methyl sites for hydroxylation is 3. The zero-order valence-electron chi connectivity index (χ0n) is 77.0. The molecule has 0 bridgehead atoms. The topological polar surface area (TPSA) is 225 Å². The molecule has 0 atom stereocenters. The fourth-order valence-corrected chi connectivity index (χ4v) is 20.6. The van der Waals surface area contributed by atoms with Crippen LogP contribution in [0.1, 0.15) is 247 Å². The first-order valence-corrected chi connectivity index (χ1v) is 45.9. The fraction of sp³-hybridized carbons (Fsp3) is 0.379. The van der Waals surface area contributed by atoms with Crippen molar-refractivity contribution in [3.05, 3.63) is 224 Å². The van der Waals surface area contributed by atoms with E-state index in [4.69, 9.17) is 31.2 Å². The molecule has 4 aliphatic heterocycles. The average molecular weight is 1820 g/mol. The van der Waals surface area contributed by atoms with Crippen LogP contribution in [0.3, 0.4) is 0 Å². The molecule has 3 aliphatic carbocycles. The van der Waals surface area contributed by atoms with Crippen LogP contribution in [-0.2, 0) is 62.5 Å². The van der Waals surface area contributed by atoms with Crippen LogP contribution in [0, 0.1) is 38.2 Å². The van der Waals surface area contributed by atoms with Crippen molar-refractivity contribution in [3.63, 3.8) is 0 Å². The number of thioether (sulfide) groups is 4. The SMILES string of the molecule is COc1c(F)cc(/C=C2\SC(=O)NC2=O)c(F)c1-c1cc2c(cc1C)C(C)(C)CCC2(C)C.COc1cc(/C=C2\SC(=O)NC2=O)ccc1-c1cc2c(cc1C)C(C)(C)CCC2(C)C.COc1ccc(/C=C2\SC(=O)NC2=O)cc1-c1cc(C(C)(C)C)c(O)c(C(C)(C)C)c1.COc1ccc(/C=C2\SC(=S)NC2=O)c(F)c1-c1cc2c(cc1C)C(C)(C)CCC2(C)C. The highest BCUT2D eigenvalue weighted by molar-refractivity contribution is 8.27. The molecular formula is C103H113F3N4O12S5. The molecule has 7 aliphatic rings. The molecule has 8 aromatic rings. The molecule has 0 spiro atoms. The maximum atomic E-state index is 15.9. The zero-order chi connectivity index (χ0) is 93.4. The van der Waals surface area contributed by atoms with Crippen molar-refractivity contribution < 1.29 is 70.8 Å². The Kier molecular flexibility index (Phi) is 27.3. The van der Waals surface area contributed by atoms with Crippen LogP contribution in [0.25, 0.3) is 68.8 Å². The van der Waals surface area contributed by atoms with Crippen molar-refractivity contribution in [1.29, 1.82) is 0 Å². The number of nitrogens with one attached hydrogen (secondary N) is 4. The molecule has 4 fully saturated rings. The van der Waals surface area contributed by atoms with Gasteiger partial charge in [0.1, 0.15) is 39.0 Å². The summed E-state index contributed by atoms with van der Waals surface area (Å²) >= 11 is 8.67. The van der Waals surface area contributed by atoms with Crippen LogP contribution in [-0.4, -0.2) is 77.2 Å². The number of fused-ring (bicyclic) bond motifs is 3. The molecule has 0 unspecified atom stereocenters. The Morgan fingerprint density at radius 1 is 0.378 bits per heavy atom. The van der Waals surface area contributed by atoms with Crippen LogP contribution < -0.4 is 40.2 Å². The average Bonchev–Trinajstić information content (AvgIpc) is 1.59. The minimum Gasteiger partial charge on any atom is -0.507 e. The van der Waals surface area contributed by atoms with Gasteiger partial charge in [0.15, 0.2) is 11.6 Å². The molecule has 7 amide bonds. The van der Waals surface area contributed by atoms with Crippen LogP contribution in [0.15, 0.2) is 123 Å². The lowest BCUT2D eigenvalue weighted by Gasteiger charge is -2.42. The maximum Gasteiger partial charge on any atom is 0.290 e. The molecule has 127 heavy (non-hydrogen) atoms. The first kappa shape index (κ1) is 96.0. The molecule has 0 aromatic heterocycles. The molecule has 15 rings (SSSR count). The molecule has 5 N–H and O–H groups in total. The molecule has 16 nitrogen and oxygen atoms in total. The third-order valence-electron chi connectivity index (χ3n) is 25.4. The van der Waals surface area contributed by atoms with E-state index < -0.39 is 28.6 Å². The summed E-state index contributed by atoms with van der Waals surface area (Å²) in [5.41, 5.74) is 19.9. The number of carbonyl (C=O) groups excluding carboxylic acids is 7. The molecule has 0 radical (unpaired) electrons. The second kappa shape index (κ2) is 36.1. The molecule has 24 heteroatoms. The van der Waals surface area contributed by atoms with Crippen LogP contribution in [0.4, 0.5) is 27.6 Å². The van der Waals surface area contributed by atoms with Gasteiger partial charge in [0.2, 0.25) is 0 Å². The summed E-state index contributed by atoms with van der Waals surface area (Å²) in [5.74, 6) is -1.48. The van der Waals surface area contributed by atoms with Crippen molar-refractivity contribution in [3.8, 4) is 73.3 Å². The lowest BCUT2D eigenvalue weighted by atomic mass is 9.62. The van der Waals surface area contributed by atoms with Gasteiger partial charge < -0.3 is 29.4 Å². The summed E-state index contributed by atoms with van der Waals surface area (Å²) in [6, 6.07) is 33.1. The van der Waals surface area contributed by atoms with E-state index in [0.29, 0.717) is 64.7 Å². The number of aromatic hydroxyl groups is 1. The van der Waals surface area contributed by atoms with E-state index in [-0.39, 0.29) is 93.3 Å². The van der Waals surface area contributed by atoms with Gasteiger partial charge in [-0.25, -0.2) is 13.2 Å². The lowest BCUT2D eigenvalue weighted by molar-refractivity contribution is -0.116. The highest BCUT2D eigenvalue weighted by Gasteiger charge is 2.43. The van der Waals surface area contributed by atoms with Gasteiger partial charge in [-0.2, -0.15) is 0 Å². The normalized spacial score (nSPS) is 19.2. The standard InChI is InChI=1S/C26H27F2NO3S.C26H28FNO2S2.C26H29NO3S.C25H29NO4S/c1-13-9-16-17(26(4,5)8-7-25(16,2)3)12-15(13)20-21(28)14(10-18(27)22(20)32-6)11-19-23(30)29-24(31)33-19;1-14-11-17-18(26(4,5)10-9-25(17,2)3)13-16(14)21-19(30-6)8-7-15(22(21)27)12-20-23(29)28-24(31)32-20;1-15-11-19-20(26(4,5)10-9-25(19,2)3)14-18(15)17-8-7-16(12-21(17)30-6)13-22-23(28)27-24(29)31-22;1-24(2,3)17-12-15(13-18(21(17)27)25(4,5)6)16-10-14(8-9-19(16)30-7)11-20-22(28)26-23(29)31-20/h9-12H,7-8H2,1-6H3,(H,29,30,31);7-8,11-13H,9-10H2,1-6H3,(H,28,29,31);7-8,11-14H,9-10H2,1-6H3,(H,27,28,29);8-13,27H,1-7H3,(H,26,28,29)/b19-11-;20-12-;22-13-;20-11-. The monoisotopic (exact) mass is 1810 g/mol. The molecular weight excluding hydrogens is 1700 g/mol. The summed E-state index contributed by atoms with van der Waals surface area (Å²) in [5, 5.41) is 19.1. The summed E-state index contributed by atoms with van der Waals surface area (Å²) < 4.78 is 69.5. The van der Waals surface area contributed by atoms with Gasteiger partial charge in [-0.15, -0.1) is 0 Å². The van der Waals surface area contributed by atoms with Gasteiger partial charge in [0.05, 0.1) is 59.2 Å². The van der Waals surface area contributed by atoms with Crippen LogP contribution in [0.5, 0.6) is 28.7 Å². The predicted octanol–water partition coefficient (Wildman–Crippen LogP) is 25.6. The zero-order valence-corrected chi connectivity index (χ0v) is 81.1. The summed E-state index contributed by atoms with van der Waals surface area (Å²) in [6.07, 6.45) is 12.7. The van der Waals surface area contributed by atoms with Crippen LogP contribution >= 0.6 is 59.3 Å². The van der Waals surface area contributed by atoms with E-state index in [1.807, 2.05) is 68.4 Å². The molecule has 4 saturated heterocycles. The van der Waals surface area contributed by atoms with Crippen molar-refractivity contribution in [2.45, 2.75) is 227 Å². The smallest absolute Gasteiger partial charge is 0.290 e. The van der Waals surface area contributed by atoms with E-state index in [2.05, 4.69) is 183 Å². The number of phenolic OH excluding ortho intramolecular Hbond substituents is 1. The van der Waals surface area contributed by atoms with Gasteiger partial charge >= 0.3 is 0 Å². The number of halogens is 3. The number of hydrogen-bond donors (Lipinski definition) is 5. The van der Waals surface area contributed by atoms with Crippen molar-refractivity contribution in [1.82, 2.24) is 21.3 Å². The minimum atomic E-state index is -0.743. The summed E-state index contributed by atoms with van der Waals surface area (Å²) in [6.45, 7) is 45.7. The number of methoxy groups -OCH3 is 4. The number of hydrogen-bond acceptors (Lipinski definition) is 17. The van der Waals surface area contributed by atoms with Gasteiger partial charge in [-0.1, -0.05) is 185 Å². The van der Waals surface area contributed by atoms with E-state index in [0.717, 1.165) is 140 Å². The van der Waals surface area contributed by atoms with Crippen LogP contribution in [0.2, 0.25) is 0 Å². The quantitative estimate of drug-likeness (QED) is 0.0566. The Hall–Kier alpha value is -10.1. The Labute approximate surface area is 766 Å². The first-order valence-electron chi connectivity index (χ1n) is 42.3. The highest BCUT2D eigenvalue weighted by Crippen LogP contribution is 2.54. The van der Waals surface area contributed by atoms with Crippen molar-refractivity contribution in [2.24, 2.45) is 0 Å². The fourth-order valence-electron chi connectivity index (χ4n) is 17.5. The number of rotatable bonds is 12. The number of ether oxygens (including phenoxy) is 4. The number of carbonyl (C=O) groups is 7. The third kappa shape index (κ3) is 20.0.